The molecule has 1 atom stereocenters. The van der Waals surface area contributed by atoms with Crippen molar-refractivity contribution >= 4 is 27.3 Å². The SMILES string of the molecule is C[C@@H](O)c1cc(Br)ccc1OCc1nc(C(C)(C)C)cs1. The summed E-state index contributed by atoms with van der Waals surface area (Å²) in [6.07, 6.45) is -0.570. The summed E-state index contributed by atoms with van der Waals surface area (Å²) in [6, 6.07) is 5.65. The fourth-order valence-corrected chi connectivity index (χ4v) is 3.15. The van der Waals surface area contributed by atoms with Crippen LogP contribution in [0, 0.1) is 0 Å². The molecule has 0 bridgehead atoms. The van der Waals surface area contributed by atoms with Gasteiger partial charge in [0.15, 0.2) is 0 Å². The van der Waals surface area contributed by atoms with Crippen molar-refractivity contribution in [3.63, 3.8) is 0 Å². The van der Waals surface area contributed by atoms with E-state index in [1.165, 1.54) is 0 Å². The Labute approximate surface area is 138 Å². The molecule has 21 heavy (non-hydrogen) atoms. The van der Waals surface area contributed by atoms with Crippen LogP contribution in [0.3, 0.4) is 0 Å². The van der Waals surface area contributed by atoms with Crippen LogP contribution >= 0.6 is 27.3 Å². The molecule has 0 radical (unpaired) electrons. The number of halogens is 1. The third kappa shape index (κ3) is 4.28. The summed E-state index contributed by atoms with van der Waals surface area (Å²) in [6.45, 7) is 8.59. The van der Waals surface area contributed by atoms with Crippen molar-refractivity contribution in [2.75, 3.05) is 0 Å². The van der Waals surface area contributed by atoms with E-state index in [1.807, 2.05) is 18.2 Å². The number of thiazole rings is 1. The number of ether oxygens (including phenoxy) is 1. The maximum absolute atomic E-state index is 9.82. The van der Waals surface area contributed by atoms with Gasteiger partial charge in [0.05, 0.1) is 11.8 Å². The molecule has 0 amide bonds. The van der Waals surface area contributed by atoms with Crippen molar-refractivity contribution in [2.45, 2.75) is 45.8 Å². The normalized spacial score (nSPS) is 13.2. The highest BCUT2D eigenvalue weighted by Gasteiger charge is 2.18. The standard InChI is InChI=1S/C16H20BrNO2S/c1-10(19)12-7-11(17)5-6-13(12)20-8-15-18-14(9-21-15)16(2,3)4/h5-7,9-10,19H,8H2,1-4H3/t10-/m1/s1. The molecule has 0 aliphatic rings. The smallest absolute Gasteiger partial charge is 0.140 e. The Kier molecular flexibility index (Phi) is 5.07. The third-order valence-electron chi connectivity index (χ3n) is 3.09. The zero-order valence-electron chi connectivity index (χ0n) is 12.7. The molecule has 2 rings (SSSR count). The molecule has 1 aromatic heterocycles. The van der Waals surface area contributed by atoms with E-state index in [-0.39, 0.29) is 5.41 Å². The van der Waals surface area contributed by atoms with E-state index in [0.29, 0.717) is 12.4 Å². The molecule has 1 aromatic carbocycles. The van der Waals surface area contributed by atoms with Crippen LogP contribution in [0.2, 0.25) is 0 Å². The largest absolute Gasteiger partial charge is 0.486 e. The Morgan fingerprint density at radius 1 is 1.38 bits per heavy atom. The van der Waals surface area contributed by atoms with Crippen LogP contribution in [-0.2, 0) is 12.0 Å². The molecule has 1 heterocycles. The molecule has 114 valence electrons. The number of aliphatic hydroxyl groups is 1. The molecule has 0 spiro atoms. The summed E-state index contributed by atoms with van der Waals surface area (Å²) in [5.74, 6) is 0.695. The molecule has 0 fully saturated rings. The number of aromatic nitrogens is 1. The topological polar surface area (TPSA) is 42.4 Å². The van der Waals surface area contributed by atoms with Crippen molar-refractivity contribution in [3.8, 4) is 5.75 Å². The molecule has 1 N–H and O–H groups in total. The highest BCUT2D eigenvalue weighted by atomic mass is 79.9. The summed E-state index contributed by atoms with van der Waals surface area (Å²) in [5.41, 5.74) is 1.91. The highest BCUT2D eigenvalue weighted by Crippen LogP contribution is 2.30. The van der Waals surface area contributed by atoms with E-state index in [1.54, 1.807) is 18.3 Å². The minimum absolute atomic E-state index is 0.0527. The first-order valence-electron chi connectivity index (χ1n) is 6.82. The Morgan fingerprint density at radius 2 is 2.10 bits per heavy atom. The van der Waals surface area contributed by atoms with Gasteiger partial charge in [-0.2, -0.15) is 0 Å². The summed E-state index contributed by atoms with van der Waals surface area (Å²) < 4.78 is 6.76. The first-order valence-corrected chi connectivity index (χ1v) is 8.50. The van der Waals surface area contributed by atoms with Crippen molar-refractivity contribution in [1.29, 1.82) is 0 Å². The monoisotopic (exact) mass is 369 g/mol. The van der Waals surface area contributed by atoms with Gasteiger partial charge >= 0.3 is 0 Å². The molecule has 0 aliphatic carbocycles. The minimum Gasteiger partial charge on any atom is -0.486 e. The van der Waals surface area contributed by atoms with E-state index in [4.69, 9.17) is 4.74 Å². The second kappa shape index (κ2) is 6.46. The Balaban J connectivity index is 2.12. The molecule has 5 heteroatoms. The first kappa shape index (κ1) is 16.5. The average molecular weight is 370 g/mol. The quantitative estimate of drug-likeness (QED) is 0.838. The van der Waals surface area contributed by atoms with Crippen molar-refractivity contribution in [2.24, 2.45) is 0 Å². The molecule has 0 unspecified atom stereocenters. The third-order valence-corrected chi connectivity index (χ3v) is 4.41. The van der Waals surface area contributed by atoms with Gasteiger partial charge in [-0.25, -0.2) is 4.98 Å². The second-order valence-electron chi connectivity index (χ2n) is 6.02. The zero-order valence-corrected chi connectivity index (χ0v) is 15.1. The lowest BCUT2D eigenvalue weighted by Crippen LogP contribution is -2.11. The van der Waals surface area contributed by atoms with Crippen LogP contribution in [0.25, 0.3) is 0 Å². The summed E-state index contributed by atoms with van der Waals surface area (Å²) >= 11 is 5.01. The van der Waals surface area contributed by atoms with Gasteiger partial charge in [-0.15, -0.1) is 11.3 Å². The summed E-state index contributed by atoms with van der Waals surface area (Å²) in [4.78, 5) is 4.61. The number of hydrogen-bond donors (Lipinski definition) is 1. The Bertz CT molecular complexity index is 617. The van der Waals surface area contributed by atoms with E-state index in [9.17, 15) is 5.11 Å². The van der Waals surface area contributed by atoms with Gasteiger partial charge in [0.1, 0.15) is 17.4 Å². The minimum atomic E-state index is -0.570. The maximum atomic E-state index is 9.82. The van der Waals surface area contributed by atoms with Gasteiger partial charge in [-0.3, -0.25) is 0 Å². The van der Waals surface area contributed by atoms with E-state index in [2.05, 4.69) is 47.1 Å². The van der Waals surface area contributed by atoms with Crippen LogP contribution in [-0.4, -0.2) is 10.1 Å². The van der Waals surface area contributed by atoms with Crippen molar-refractivity contribution in [1.82, 2.24) is 4.98 Å². The second-order valence-corrected chi connectivity index (χ2v) is 7.88. The van der Waals surface area contributed by atoms with Crippen LogP contribution in [0.5, 0.6) is 5.75 Å². The molecule has 0 aliphatic heterocycles. The molecule has 3 nitrogen and oxygen atoms in total. The summed E-state index contributed by atoms with van der Waals surface area (Å²) in [7, 11) is 0. The zero-order chi connectivity index (χ0) is 15.6. The molecular formula is C16H20BrNO2S. The number of nitrogens with zero attached hydrogens (tertiary/aromatic N) is 1. The maximum Gasteiger partial charge on any atom is 0.140 e. The lowest BCUT2D eigenvalue weighted by Gasteiger charge is -2.15. The van der Waals surface area contributed by atoms with Gasteiger partial charge in [0.2, 0.25) is 0 Å². The van der Waals surface area contributed by atoms with E-state index >= 15 is 0 Å². The predicted molar refractivity (Wildman–Crippen MR) is 89.9 cm³/mol. The van der Waals surface area contributed by atoms with Gasteiger partial charge < -0.3 is 9.84 Å². The van der Waals surface area contributed by atoms with E-state index in [0.717, 1.165) is 20.7 Å². The fourth-order valence-electron chi connectivity index (χ4n) is 1.84. The van der Waals surface area contributed by atoms with Gasteiger partial charge in [-0.05, 0) is 25.1 Å². The molecule has 2 aromatic rings. The van der Waals surface area contributed by atoms with Crippen molar-refractivity contribution < 1.29 is 9.84 Å². The average Bonchev–Trinajstić information content (AvgIpc) is 2.85. The lowest BCUT2D eigenvalue weighted by atomic mass is 9.93. The summed E-state index contributed by atoms with van der Waals surface area (Å²) in [5, 5.41) is 12.8. The first-order chi connectivity index (χ1) is 9.77. The highest BCUT2D eigenvalue weighted by molar-refractivity contribution is 9.10. The molecule has 0 saturated heterocycles. The van der Waals surface area contributed by atoms with Gasteiger partial charge in [0.25, 0.3) is 0 Å². The number of benzene rings is 1. The van der Waals surface area contributed by atoms with Gasteiger partial charge in [0, 0.05) is 20.8 Å². The predicted octanol–water partition coefficient (Wildman–Crippen LogP) is 4.84. The van der Waals surface area contributed by atoms with E-state index < -0.39 is 6.10 Å². The van der Waals surface area contributed by atoms with Crippen LogP contribution in [0.4, 0.5) is 0 Å². The number of hydrogen-bond acceptors (Lipinski definition) is 4. The Morgan fingerprint density at radius 3 is 2.67 bits per heavy atom. The van der Waals surface area contributed by atoms with Crippen molar-refractivity contribution in [3.05, 3.63) is 44.3 Å². The van der Waals surface area contributed by atoms with Crippen LogP contribution in [0.1, 0.15) is 50.1 Å². The number of aliphatic hydroxyl groups excluding tert-OH is 1. The lowest BCUT2D eigenvalue weighted by molar-refractivity contribution is 0.190. The fraction of sp³-hybridized carbons (Fsp3) is 0.438. The van der Waals surface area contributed by atoms with Crippen LogP contribution in [0.15, 0.2) is 28.1 Å². The van der Waals surface area contributed by atoms with Crippen LogP contribution < -0.4 is 4.74 Å². The molecule has 0 saturated carbocycles. The van der Waals surface area contributed by atoms with Gasteiger partial charge in [-0.1, -0.05) is 36.7 Å². The number of rotatable bonds is 4. The molecular weight excluding hydrogens is 350 g/mol. The Hall–Kier alpha value is -0.910.